The number of anilines is 1. The molecule has 4 nitrogen and oxygen atoms in total. The lowest BCUT2D eigenvalue weighted by molar-refractivity contribution is -0.547. The normalized spacial score (nSPS) is 25.2. The number of aliphatic hydroxyl groups is 1. The summed E-state index contributed by atoms with van der Waals surface area (Å²) in [6, 6.07) is 7.84. The molecule has 0 aliphatic carbocycles. The lowest BCUT2D eigenvalue weighted by Crippen LogP contribution is -2.29. The number of hydrazine groups is 1. The second-order valence-corrected chi connectivity index (χ2v) is 4.87. The fourth-order valence-electron chi connectivity index (χ4n) is 1.94. The molecule has 1 N–H and O–H groups in total. The van der Waals surface area contributed by atoms with E-state index in [4.69, 9.17) is 0 Å². The van der Waals surface area contributed by atoms with Crippen molar-refractivity contribution in [3.8, 4) is 0 Å². The minimum atomic E-state index is -0.327. The maximum atomic E-state index is 11.8. The van der Waals surface area contributed by atoms with Crippen molar-refractivity contribution in [2.24, 2.45) is 5.41 Å². The fraction of sp³-hybridized carbons (Fsp3) is 0.500. The first-order valence-corrected chi connectivity index (χ1v) is 5.44. The van der Waals surface area contributed by atoms with E-state index >= 15 is 0 Å². The summed E-state index contributed by atoms with van der Waals surface area (Å²) in [5.41, 5.74) is 1.73. The summed E-state index contributed by atoms with van der Waals surface area (Å²) in [6.07, 6.45) is 0. The first-order chi connectivity index (χ1) is 7.54. The van der Waals surface area contributed by atoms with Crippen LogP contribution < -0.4 is 5.01 Å². The van der Waals surface area contributed by atoms with Gasteiger partial charge in [-0.3, -0.25) is 0 Å². The highest BCUT2D eigenvalue weighted by molar-refractivity contribution is 5.45. The Bertz CT molecular complexity index is 402. The maximum Gasteiger partial charge on any atom is 0.235 e. The topological polar surface area (TPSA) is 43.5 Å². The fourth-order valence-corrected chi connectivity index (χ4v) is 1.94. The lowest BCUT2D eigenvalue weighted by atomic mass is 9.93. The molecule has 1 aliphatic rings. The van der Waals surface area contributed by atoms with E-state index in [1.54, 1.807) is 5.01 Å². The number of hydrogen-bond acceptors (Lipinski definition) is 2. The van der Waals surface area contributed by atoms with E-state index in [1.165, 1.54) is 5.56 Å². The Morgan fingerprint density at radius 3 is 2.56 bits per heavy atom. The Labute approximate surface area is 95.0 Å². The molecule has 1 atom stereocenters. The van der Waals surface area contributed by atoms with Crippen LogP contribution in [-0.4, -0.2) is 29.7 Å². The van der Waals surface area contributed by atoms with Crippen molar-refractivity contribution in [1.29, 1.82) is 0 Å². The molecule has 16 heavy (non-hydrogen) atoms. The molecule has 2 rings (SSSR count). The number of nitrogens with zero attached hydrogens (tertiary/aromatic N) is 2. The maximum absolute atomic E-state index is 11.8. The molecule has 0 amide bonds. The Kier molecular flexibility index (Phi) is 2.68. The van der Waals surface area contributed by atoms with Gasteiger partial charge in [-0.2, -0.15) is 0 Å². The highest BCUT2D eigenvalue weighted by Gasteiger charge is 2.46. The molecule has 86 valence electrons. The summed E-state index contributed by atoms with van der Waals surface area (Å²) in [7, 11) is 0. The first-order valence-electron chi connectivity index (χ1n) is 5.44. The second kappa shape index (κ2) is 3.87. The number of aliphatic hydroxyl groups excluding tert-OH is 1. The third kappa shape index (κ3) is 1.93. The molecule has 0 saturated carbocycles. The first kappa shape index (κ1) is 11.1. The van der Waals surface area contributed by atoms with Gasteiger partial charge in [-0.1, -0.05) is 17.7 Å². The van der Waals surface area contributed by atoms with Crippen molar-refractivity contribution in [1.82, 2.24) is 0 Å². The minimum absolute atomic E-state index is 0.0358. The zero-order chi connectivity index (χ0) is 11.8. The van der Waals surface area contributed by atoms with Gasteiger partial charge < -0.3 is 5.11 Å². The van der Waals surface area contributed by atoms with E-state index in [9.17, 15) is 10.0 Å². The van der Waals surface area contributed by atoms with Gasteiger partial charge in [0.15, 0.2) is 0 Å². The van der Waals surface area contributed by atoms with Crippen LogP contribution in [0.3, 0.4) is 0 Å². The molecule has 1 unspecified atom stereocenters. The van der Waals surface area contributed by atoms with E-state index in [0.717, 1.165) is 10.6 Å². The van der Waals surface area contributed by atoms with Crippen LogP contribution in [0.25, 0.3) is 0 Å². The number of aryl methyl sites for hydroxylation is 1. The molecule has 0 spiro atoms. The summed E-state index contributed by atoms with van der Waals surface area (Å²) in [5.74, 6) is 0. The molecular weight excluding hydrogens is 204 g/mol. The van der Waals surface area contributed by atoms with E-state index < -0.39 is 0 Å². The van der Waals surface area contributed by atoms with Gasteiger partial charge in [-0.05, 0) is 26.0 Å². The summed E-state index contributed by atoms with van der Waals surface area (Å²) < 4.78 is 0. The van der Waals surface area contributed by atoms with Gasteiger partial charge in [-0.25, -0.2) is 0 Å². The number of nitroso groups, excluding NO2 is 1. The molecule has 1 saturated heterocycles. The van der Waals surface area contributed by atoms with Crippen molar-refractivity contribution in [3.05, 3.63) is 34.7 Å². The predicted octanol–water partition coefficient (Wildman–Crippen LogP) is 1.51. The average Bonchev–Trinajstić information content (AvgIpc) is 2.57. The summed E-state index contributed by atoms with van der Waals surface area (Å²) >= 11 is 0. The van der Waals surface area contributed by atoms with Crippen LogP contribution in [0.5, 0.6) is 0 Å². The molecule has 0 aromatic heterocycles. The Hall–Kier alpha value is -1.42. The Morgan fingerprint density at radius 2 is 2.06 bits per heavy atom. The molecule has 0 radical (unpaired) electrons. The predicted molar refractivity (Wildman–Crippen MR) is 62.2 cm³/mol. The SMILES string of the molecule is Cc1ccc(N2CC(C)(CO)C[N+]2=O)cc1. The summed E-state index contributed by atoms with van der Waals surface area (Å²) in [4.78, 5) is 12.7. The van der Waals surface area contributed by atoms with Gasteiger partial charge in [-0.15, -0.1) is 5.01 Å². The van der Waals surface area contributed by atoms with E-state index in [1.807, 2.05) is 38.1 Å². The van der Waals surface area contributed by atoms with Crippen molar-refractivity contribution in [2.75, 3.05) is 24.7 Å². The third-order valence-electron chi connectivity index (χ3n) is 3.03. The van der Waals surface area contributed by atoms with Gasteiger partial charge >= 0.3 is 0 Å². The number of hydrogen-bond donors (Lipinski definition) is 1. The smallest absolute Gasteiger partial charge is 0.235 e. The monoisotopic (exact) mass is 221 g/mol. The van der Waals surface area contributed by atoms with E-state index in [-0.39, 0.29) is 12.0 Å². The van der Waals surface area contributed by atoms with E-state index in [0.29, 0.717) is 13.1 Å². The van der Waals surface area contributed by atoms with Gasteiger partial charge in [0.2, 0.25) is 6.54 Å². The van der Waals surface area contributed by atoms with Crippen molar-refractivity contribution < 1.29 is 9.98 Å². The number of benzene rings is 1. The zero-order valence-corrected chi connectivity index (χ0v) is 9.68. The van der Waals surface area contributed by atoms with Gasteiger partial charge in [0.05, 0.1) is 23.5 Å². The van der Waals surface area contributed by atoms with Crippen molar-refractivity contribution in [3.63, 3.8) is 0 Å². The van der Waals surface area contributed by atoms with Crippen LogP contribution in [0.15, 0.2) is 24.3 Å². The average molecular weight is 221 g/mol. The molecule has 1 aliphatic heterocycles. The molecule has 1 aromatic rings. The summed E-state index contributed by atoms with van der Waals surface area (Å²) in [6.45, 7) is 4.88. The van der Waals surface area contributed by atoms with Crippen LogP contribution >= 0.6 is 0 Å². The van der Waals surface area contributed by atoms with E-state index in [2.05, 4.69) is 0 Å². The third-order valence-corrected chi connectivity index (χ3v) is 3.03. The van der Waals surface area contributed by atoms with Crippen LogP contribution in [0.1, 0.15) is 12.5 Å². The van der Waals surface area contributed by atoms with Gasteiger partial charge in [0.25, 0.3) is 0 Å². The van der Waals surface area contributed by atoms with Crippen molar-refractivity contribution in [2.45, 2.75) is 13.8 Å². The van der Waals surface area contributed by atoms with Gasteiger partial charge in [0.1, 0.15) is 10.6 Å². The van der Waals surface area contributed by atoms with Gasteiger partial charge in [0, 0.05) is 0 Å². The number of rotatable bonds is 2. The lowest BCUT2D eigenvalue weighted by Gasteiger charge is -2.14. The molecule has 1 fully saturated rings. The molecule has 1 aromatic carbocycles. The largest absolute Gasteiger partial charge is 0.395 e. The van der Waals surface area contributed by atoms with Crippen molar-refractivity contribution >= 4 is 5.69 Å². The second-order valence-electron chi connectivity index (χ2n) is 4.87. The summed E-state index contributed by atoms with van der Waals surface area (Å²) in [5, 5.41) is 10.9. The Balaban J connectivity index is 2.23. The minimum Gasteiger partial charge on any atom is -0.395 e. The highest BCUT2D eigenvalue weighted by Crippen LogP contribution is 2.29. The Morgan fingerprint density at radius 1 is 1.44 bits per heavy atom. The van der Waals surface area contributed by atoms with Crippen LogP contribution in [0.2, 0.25) is 0 Å². The standard InChI is InChI=1S/C12H17N2O2/c1-10-3-5-11(6-4-10)13-7-12(2,9-15)8-14(13)16/h3-6,15H,7-9H2,1-2H3/q+1. The molecule has 0 bridgehead atoms. The van der Waals surface area contributed by atoms with Crippen LogP contribution in [0.4, 0.5) is 5.69 Å². The molecule has 1 heterocycles. The highest BCUT2D eigenvalue weighted by atomic mass is 16.3. The zero-order valence-electron chi connectivity index (χ0n) is 9.68. The van der Waals surface area contributed by atoms with Crippen LogP contribution in [0, 0.1) is 17.2 Å². The quantitative estimate of drug-likeness (QED) is 0.770. The van der Waals surface area contributed by atoms with Crippen LogP contribution in [-0.2, 0) is 0 Å². The molecular formula is C12H17N2O2+. The molecule has 4 heteroatoms.